The smallest absolute Gasteiger partial charge is 0.191 e. The zero-order valence-corrected chi connectivity index (χ0v) is 15.7. The van der Waals surface area contributed by atoms with E-state index in [-0.39, 0.29) is 24.0 Å². The number of fused-ring (bicyclic) bond motifs is 1. The normalized spacial score (nSPS) is 20.6. The highest BCUT2D eigenvalue weighted by Crippen LogP contribution is 2.28. The number of pyridine rings is 1. The quantitative estimate of drug-likeness (QED) is 0.460. The van der Waals surface area contributed by atoms with Gasteiger partial charge in [-0.25, -0.2) is 4.98 Å². The number of hydrogen-bond donors (Lipinski definition) is 2. The van der Waals surface area contributed by atoms with Crippen molar-refractivity contribution >= 4 is 35.6 Å². The van der Waals surface area contributed by atoms with Gasteiger partial charge in [-0.05, 0) is 30.9 Å². The average molecular weight is 413 g/mol. The Morgan fingerprint density at radius 2 is 2.27 bits per heavy atom. The molecule has 1 fully saturated rings. The third kappa shape index (κ3) is 3.91. The summed E-state index contributed by atoms with van der Waals surface area (Å²) >= 11 is 0. The zero-order valence-electron chi connectivity index (χ0n) is 13.3. The number of aromatic nitrogens is 2. The Hall–Kier alpha value is -1.31. The van der Waals surface area contributed by atoms with Crippen molar-refractivity contribution in [2.24, 2.45) is 10.9 Å². The van der Waals surface area contributed by atoms with Gasteiger partial charge in [0.1, 0.15) is 5.65 Å². The highest BCUT2D eigenvalue weighted by Gasteiger charge is 2.33. The number of aryl methyl sites for hydroxylation is 1. The van der Waals surface area contributed by atoms with Gasteiger partial charge >= 0.3 is 0 Å². The first-order chi connectivity index (χ1) is 10.2. The van der Waals surface area contributed by atoms with Crippen molar-refractivity contribution in [3.05, 3.63) is 35.8 Å². The fourth-order valence-corrected chi connectivity index (χ4v) is 2.53. The zero-order chi connectivity index (χ0) is 14.8. The van der Waals surface area contributed by atoms with Gasteiger partial charge in [-0.2, -0.15) is 0 Å². The van der Waals surface area contributed by atoms with Crippen LogP contribution in [0.1, 0.15) is 24.6 Å². The monoisotopic (exact) mass is 413 g/mol. The van der Waals surface area contributed by atoms with Gasteiger partial charge in [-0.15, -0.1) is 24.0 Å². The number of hydrogen-bond acceptors (Lipinski definition) is 2. The summed E-state index contributed by atoms with van der Waals surface area (Å²) in [4.78, 5) is 8.94. The fraction of sp³-hybridized carbons (Fsp3) is 0.500. The molecule has 0 aliphatic heterocycles. The minimum atomic E-state index is 0. The van der Waals surface area contributed by atoms with Crippen molar-refractivity contribution in [1.29, 1.82) is 0 Å². The molecule has 3 rings (SSSR count). The summed E-state index contributed by atoms with van der Waals surface area (Å²) in [6, 6.07) is 4.73. The molecule has 0 bridgehead atoms. The Morgan fingerprint density at radius 3 is 2.91 bits per heavy atom. The molecule has 2 N–H and O–H groups in total. The minimum absolute atomic E-state index is 0. The fourth-order valence-electron chi connectivity index (χ4n) is 2.53. The molecule has 0 aromatic carbocycles. The Labute approximate surface area is 148 Å². The third-order valence-corrected chi connectivity index (χ3v) is 4.06. The van der Waals surface area contributed by atoms with Gasteiger partial charge in [0.2, 0.25) is 0 Å². The molecule has 2 unspecified atom stereocenters. The van der Waals surface area contributed by atoms with Crippen LogP contribution in [0.25, 0.3) is 5.65 Å². The molecule has 6 heteroatoms. The molecule has 1 aliphatic carbocycles. The van der Waals surface area contributed by atoms with Crippen molar-refractivity contribution in [3.63, 3.8) is 0 Å². The molecule has 0 radical (unpaired) electrons. The van der Waals surface area contributed by atoms with Gasteiger partial charge in [0.25, 0.3) is 0 Å². The molecule has 120 valence electrons. The summed E-state index contributed by atoms with van der Waals surface area (Å²) in [7, 11) is 1.82. The summed E-state index contributed by atoms with van der Waals surface area (Å²) < 4.78 is 2.09. The van der Waals surface area contributed by atoms with Crippen LogP contribution in [0.2, 0.25) is 0 Å². The van der Waals surface area contributed by atoms with E-state index in [0.717, 1.165) is 36.2 Å². The van der Waals surface area contributed by atoms with Crippen molar-refractivity contribution in [2.75, 3.05) is 13.6 Å². The Balaban J connectivity index is 0.00000176. The first-order valence-electron chi connectivity index (χ1n) is 7.58. The molecule has 1 saturated carbocycles. The van der Waals surface area contributed by atoms with Crippen LogP contribution >= 0.6 is 24.0 Å². The van der Waals surface area contributed by atoms with Crippen LogP contribution in [0.15, 0.2) is 29.5 Å². The third-order valence-electron chi connectivity index (χ3n) is 4.06. The van der Waals surface area contributed by atoms with Gasteiger partial charge in [0.15, 0.2) is 5.96 Å². The lowest BCUT2D eigenvalue weighted by Crippen LogP contribution is -2.39. The van der Waals surface area contributed by atoms with Gasteiger partial charge in [0.05, 0.1) is 5.69 Å². The number of nitrogens with zero attached hydrogens (tertiary/aromatic N) is 3. The van der Waals surface area contributed by atoms with E-state index in [9.17, 15) is 0 Å². The molecule has 0 saturated heterocycles. The molecule has 0 amide bonds. The summed E-state index contributed by atoms with van der Waals surface area (Å²) in [6.45, 7) is 5.18. The van der Waals surface area contributed by atoms with E-state index in [1.54, 1.807) is 0 Å². The molecule has 2 atom stereocenters. The van der Waals surface area contributed by atoms with Crippen LogP contribution in [0.3, 0.4) is 0 Å². The predicted octanol–water partition coefficient (Wildman–Crippen LogP) is 2.38. The largest absolute Gasteiger partial charge is 0.356 e. The van der Waals surface area contributed by atoms with E-state index in [2.05, 4.69) is 57.2 Å². The second-order valence-corrected chi connectivity index (χ2v) is 5.87. The molecule has 22 heavy (non-hydrogen) atoms. The number of guanidine groups is 1. The van der Waals surface area contributed by atoms with Gasteiger partial charge in [-0.3, -0.25) is 4.99 Å². The maximum absolute atomic E-state index is 4.68. The van der Waals surface area contributed by atoms with Crippen LogP contribution in [0.4, 0.5) is 0 Å². The first-order valence-corrected chi connectivity index (χ1v) is 7.58. The summed E-state index contributed by atoms with van der Waals surface area (Å²) in [5.74, 6) is 1.66. The van der Waals surface area contributed by atoms with E-state index in [4.69, 9.17) is 0 Å². The highest BCUT2D eigenvalue weighted by molar-refractivity contribution is 14.0. The van der Waals surface area contributed by atoms with Gasteiger partial charge in [-0.1, -0.05) is 13.0 Å². The average Bonchev–Trinajstić information content (AvgIpc) is 2.99. The summed E-state index contributed by atoms with van der Waals surface area (Å²) in [5.41, 5.74) is 3.35. The van der Waals surface area contributed by atoms with Crippen LogP contribution in [0, 0.1) is 12.8 Å². The topological polar surface area (TPSA) is 53.7 Å². The van der Waals surface area contributed by atoms with E-state index in [0.29, 0.717) is 6.04 Å². The lowest BCUT2D eigenvalue weighted by Gasteiger charge is -2.10. The molecule has 2 aromatic rings. The SMILES string of the molecule is CN=C(NCCc1cn2cccc(C)c2n1)NC1CC1C.I. The second kappa shape index (κ2) is 7.30. The second-order valence-electron chi connectivity index (χ2n) is 5.87. The van der Waals surface area contributed by atoms with Crippen LogP contribution in [-0.2, 0) is 6.42 Å². The highest BCUT2D eigenvalue weighted by atomic mass is 127. The number of halogens is 1. The molecule has 5 nitrogen and oxygen atoms in total. The molecule has 1 aliphatic rings. The van der Waals surface area contributed by atoms with Crippen molar-refractivity contribution < 1.29 is 0 Å². The lowest BCUT2D eigenvalue weighted by atomic mass is 10.3. The van der Waals surface area contributed by atoms with E-state index >= 15 is 0 Å². The molecule has 2 heterocycles. The number of imidazole rings is 1. The summed E-state index contributed by atoms with van der Waals surface area (Å²) in [5, 5.41) is 6.78. The van der Waals surface area contributed by atoms with Crippen LogP contribution in [0.5, 0.6) is 0 Å². The minimum Gasteiger partial charge on any atom is -0.356 e. The van der Waals surface area contributed by atoms with E-state index < -0.39 is 0 Å². The Bertz CT molecular complexity index is 664. The standard InChI is InChI=1S/C16H23N5.HI/c1-11-5-4-8-21-10-13(19-15(11)21)6-7-18-16(17-3)20-14-9-12(14)2;/h4-5,8,10,12,14H,6-7,9H2,1-3H3,(H2,17,18,20);1H. The molecular weight excluding hydrogens is 389 g/mol. The number of aliphatic imine (C=N–C) groups is 1. The van der Waals surface area contributed by atoms with Crippen LogP contribution in [-0.4, -0.2) is 35.0 Å². The van der Waals surface area contributed by atoms with Gasteiger partial charge < -0.3 is 15.0 Å². The summed E-state index contributed by atoms with van der Waals surface area (Å²) in [6.07, 6.45) is 6.28. The Morgan fingerprint density at radius 1 is 1.50 bits per heavy atom. The maximum Gasteiger partial charge on any atom is 0.191 e. The van der Waals surface area contributed by atoms with Crippen LogP contribution < -0.4 is 10.6 Å². The Kier molecular flexibility index (Phi) is 5.66. The predicted molar refractivity (Wildman–Crippen MR) is 101 cm³/mol. The van der Waals surface area contributed by atoms with Crippen molar-refractivity contribution in [1.82, 2.24) is 20.0 Å². The number of rotatable bonds is 4. The van der Waals surface area contributed by atoms with E-state index in [1.165, 1.54) is 12.0 Å². The van der Waals surface area contributed by atoms with E-state index in [1.807, 2.05) is 13.2 Å². The molecular formula is C16H24IN5. The number of nitrogens with one attached hydrogen (secondary N) is 2. The van der Waals surface area contributed by atoms with Crippen molar-refractivity contribution in [3.8, 4) is 0 Å². The lowest BCUT2D eigenvalue weighted by molar-refractivity contribution is 0.754. The molecule has 0 spiro atoms. The van der Waals surface area contributed by atoms with Crippen molar-refractivity contribution in [2.45, 2.75) is 32.7 Å². The first kappa shape index (κ1) is 17.1. The maximum atomic E-state index is 4.68. The van der Waals surface area contributed by atoms with Gasteiger partial charge in [0, 0.05) is 38.4 Å². The molecule has 2 aromatic heterocycles.